The third kappa shape index (κ3) is 8.16. The van der Waals surface area contributed by atoms with E-state index in [1.165, 1.54) is 13.4 Å². The lowest BCUT2D eigenvalue weighted by Gasteiger charge is -2.30. The lowest BCUT2D eigenvalue weighted by molar-refractivity contribution is -0.118. The van der Waals surface area contributed by atoms with Crippen LogP contribution in [0, 0.1) is 0 Å². The summed E-state index contributed by atoms with van der Waals surface area (Å²) >= 11 is 0. The van der Waals surface area contributed by atoms with Gasteiger partial charge in [0, 0.05) is 24.4 Å². The quantitative estimate of drug-likeness (QED) is 0.150. The van der Waals surface area contributed by atoms with Crippen molar-refractivity contribution in [3.63, 3.8) is 0 Å². The number of imidazole rings is 1. The molecule has 1 aromatic heterocycles. The van der Waals surface area contributed by atoms with Crippen molar-refractivity contribution in [3.05, 3.63) is 126 Å². The molecular formula is C37H39N5O6S. The van der Waals surface area contributed by atoms with E-state index in [1.807, 2.05) is 84.9 Å². The molecule has 1 saturated heterocycles. The Labute approximate surface area is 285 Å². The molecule has 11 nitrogen and oxygen atoms in total. The molecule has 5 aromatic rings. The highest BCUT2D eigenvalue weighted by Crippen LogP contribution is 2.30. The number of ether oxygens (including phenoxy) is 2. The Morgan fingerprint density at radius 3 is 2.27 bits per heavy atom. The van der Waals surface area contributed by atoms with Gasteiger partial charge in [0.25, 0.3) is 0 Å². The molecule has 1 aliphatic heterocycles. The number of hydrogen-bond acceptors (Lipinski definition) is 8. The van der Waals surface area contributed by atoms with Crippen molar-refractivity contribution in [1.29, 1.82) is 0 Å². The van der Waals surface area contributed by atoms with Gasteiger partial charge < -0.3 is 30.4 Å². The highest BCUT2D eigenvalue weighted by Gasteiger charge is 2.33. The largest absolute Gasteiger partial charge is 0.453 e. The van der Waals surface area contributed by atoms with Crippen LogP contribution in [-0.2, 0) is 30.5 Å². The number of rotatable bonds is 11. The van der Waals surface area contributed by atoms with Crippen LogP contribution in [0.5, 0.6) is 0 Å². The number of sulfone groups is 1. The maximum atomic E-state index is 14.1. The zero-order valence-electron chi connectivity index (χ0n) is 27.3. The van der Waals surface area contributed by atoms with Crippen LogP contribution in [0.2, 0.25) is 0 Å². The predicted octanol–water partition coefficient (Wildman–Crippen LogP) is 5.12. The van der Waals surface area contributed by atoms with Gasteiger partial charge in [0.1, 0.15) is 11.9 Å². The first-order valence-electron chi connectivity index (χ1n) is 16.1. The van der Waals surface area contributed by atoms with Gasteiger partial charge in [-0.3, -0.25) is 4.79 Å². The maximum Gasteiger partial charge on any atom is 0.407 e. The number of alkyl carbamates (subject to hydrolysis) is 1. The number of carbonyl (C=O) groups excluding carboxylic acids is 2. The minimum Gasteiger partial charge on any atom is -0.453 e. The lowest BCUT2D eigenvalue weighted by Crippen LogP contribution is -2.48. The molecule has 4 aromatic carbocycles. The number of fused-ring (bicyclic) bond motifs is 1. The number of aryl methyl sites for hydroxylation is 1. The molecule has 2 heterocycles. The monoisotopic (exact) mass is 681 g/mol. The summed E-state index contributed by atoms with van der Waals surface area (Å²) in [4.78, 5) is 34.7. The average Bonchev–Trinajstić information content (AvgIpc) is 3.55. The molecule has 0 bridgehead atoms. The zero-order valence-corrected chi connectivity index (χ0v) is 28.1. The summed E-state index contributed by atoms with van der Waals surface area (Å²) in [5.74, 6) is -0.160. The van der Waals surface area contributed by atoms with Crippen LogP contribution in [0.15, 0.2) is 108 Å². The van der Waals surface area contributed by atoms with Crippen molar-refractivity contribution in [2.45, 2.75) is 41.8 Å². The summed E-state index contributed by atoms with van der Waals surface area (Å²) in [5.41, 5.74) is 4.69. The Kier molecular flexibility index (Phi) is 10.4. The molecule has 4 N–H and O–H groups in total. The number of aromatic nitrogens is 2. The number of methoxy groups -OCH3 is 1. The van der Waals surface area contributed by atoms with Crippen molar-refractivity contribution >= 4 is 38.6 Å². The molecule has 3 atom stereocenters. The number of aromatic amines is 1. The molecule has 1 aliphatic rings. The van der Waals surface area contributed by atoms with Crippen LogP contribution >= 0.6 is 0 Å². The zero-order chi connectivity index (χ0) is 34.4. The summed E-state index contributed by atoms with van der Waals surface area (Å²) in [5, 5.41) is 9.37. The number of nitrogens with zero attached hydrogens (tertiary/aromatic N) is 1. The lowest BCUT2D eigenvalue weighted by atomic mass is 9.84. The van der Waals surface area contributed by atoms with Gasteiger partial charge in [0.2, 0.25) is 5.91 Å². The number of para-hydroxylation sites is 1. The van der Waals surface area contributed by atoms with Crippen molar-refractivity contribution in [2.24, 2.45) is 0 Å². The Hall–Kier alpha value is -5.04. The summed E-state index contributed by atoms with van der Waals surface area (Å²) in [6.07, 6.45) is 1.75. The summed E-state index contributed by atoms with van der Waals surface area (Å²) < 4.78 is 35.1. The molecule has 0 radical (unpaired) electrons. The van der Waals surface area contributed by atoms with E-state index >= 15 is 0 Å². The summed E-state index contributed by atoms with van der Waals surface area (Å²) in [6.45, 7) is 0.981. The van der Waals surface area contributed by atoms with Gasteiger partial charge >= 0.3 is 6.09 Å². The fourth-order valence-electron chi connectivity index (χ4n) is 6.16. The number of hydrogen-bond donors (Lipinski definition) is 4. The maximum absolute atomic E-state index is 14.1. The summed E-state index contributed by atoms with van der Waals surface area (Å²) in [6, 6.07) is 30.6. The van der Waals surface area contributed by atoms with Crippen LogP contribution in [0.1, 0.15) is 40.9 Å². The van der Waals surface area contributed by atoms with Crippen molar-refractivity contribution in [3.8, 4) is 0 Å². The third-order valence-electron chi connectivity index (χ3n) is 8.72. The minimum atomic E-state index is -3.33. The number of carbonyl (C=O) groups is 2. The molecular weight excluding hydrogens is 643 g/mol. The van der Waals surface area contributed by atoms with Gasteiger partial charge in [-0.1, -0.05) is 78.9 Å². The first-order valence-corrected chi connectivity index (χ1v) is 18.0. The number of amides is 2. The second kappa shape index (κ2) is 15.0. The van der Waals surface area contributed by atoms with Gasteiger partial charge in [-0.05, 0) is 53.8 Å². The van der Waals surface area contributed by atoms with Crippen molar-refractivity contribution in [2.75, 3.05) is 31.8 Å². The molecule has 2 amide bonds. The fourth-order valence-corrected chi connectivity index (χ4v) is 6.81. The number of benzene rings is 4. The fraction of sp³-hybridized carbons (Fsp3) is 0.270. The minimum absolute atomic E-state index is 0.0736. The van der Waals surface area contributed by atoms with E-state index in [0.717, 1.165) is 16.7 Å². The molecule has 0 aliphatic carbocycles. The van der Waals surface area contributed by atoms with E-state index in [4.69, 9.17) is 9.47 Å². The first-order chi connectivity index (χ1) is 23.7. The van der Waals surface area contributed by atoms with E-state index in [9.17, 15) is 18.0 Å². The van der Waals surface area contributed by atoms with Gasteiger partial charge in [-0.2, -0.15) is 0 Å². The Bertz CT molecular complexity index is 1970. The Balaban J connectivity index is 1.13. The summed E-state index contributed by atoms with van der Waals surface area (Å²) in [7, 11) is -2.05. The normalized spacial score (nSPS) is 17.0. The number of anilines is 1. The topological polar surface area (TPSA) is 152 Å². The van der Waals surface area contributed by atoms with Gasteiger partial charge in [-0.25, -0.2) is 18.2 Å². The first kappa shape index (κ1) is 33.8. The molecule has 254 valence electrons. The van der Waals surface area contributed by atoms with E-state index in [0.29, 0.717) is 48.5 Å². The molecule has 49 heavy (non-hydrogen) atoms. The van der Waals surface area contributed by atoms with E-state index < -0.39 is 27.9 Å². The van der Waals surface area contributed by atoms with Crippen LogP contribution in [0.25, 0.3) is 11.0 Å². The Morgan fingerprint density at radius 2 is 1.63 bits per heavy atom. The molecule has 0 spiro atoms. The molecule has 12 heteroatoms. The number of H-pyrrole nitrogens is 1. The number of nitrogens with one attached hydrogen (secondary N) is 4. The second-order valence-corrected chi connectivity index (χ2v) is 14.1. The van der Waals surface area contributed by atoms with E-state index in [2.05, 4.69) is 25.9 Å². The SMILES string of the molecule is COC(=O)NC(C(=O)Nc1ccccc1CC[C@@H]1CN[C@H](c2nc3ccc(S(C)(=O)=O)cc3[nH]2)CO1)C(c1ccccc1)c1ccccc1. The van der Waals surface area contributed by atoms with Gasteiger partial charge in [0.15, 0.2) is 9.84 Å². The van der Waals surface area contributed by atoms with E-state index in [-0.39, 0.29) is 22.9 Å². The molecule has 1 unspecified atom stereocenters. The highest BCUT2D eigenvalue weighted by atomic mass is 32.2. The average molecular weight is 682 g/mol. The van der Waals surface area contributed by atoms with Crippen LogP contribution in [-0.4, -0.2) is 69.0 Å². The van der Waals surface area contributed by atoms with Gasteiger partial charge in [0.05, 0.1) is 41.8 Å². The third-order valence-corrected chi connectivity index (χ3v) is 9.83. The standard InChI is InChI=1S/C37H39N5O6S/c1-47-37(44)42-34(33(25-12-5-3-6-13-25)26-14-7-4-8-15-26)36(43)41-29-16-10-9-11-24(29)17-18-27-22-38-32(23-48-27)35-39-30-20-19-28(49(2,45)46)21-31(30)40-35/h3-16,19-21,27,32-34,38H,17-18,22-23H2,1-2H3,(H,39,40)(H,41,43)(H,42,44)/t27-,32+,34?/m1/s1. The van der Waals surface area contributed by atoms with Gasteiger partial charge in [-0.15, -0.1) is 0 Å². The van der Waals surface area contributed by atoms with Crippen LogP contribution in [0.4, 0.5) is 10.5 Å². The molecule has 6 rings (SSSR count). The van der Waals surface area contributed by atoms with E-state index in [1.54, 1.807) is 18.2 Å². The Morgan fingerprint density at radius 1 is 0.959 bits per heavy atom. The van der Waals surface area contributed by atoms with Crippen molar-refractivity contribution in [1.82, 2.24) is 20.6 Å². The molecule has 1 fully saturated rings. The predicted molar refractivity (Wildman–Crippen MR) is 187 cm³/mol. The van der Waals surface area contributed by atoms with Crippen LogP contribution in [0.3, 0.4) is 0 Å². The van der Waals surface area contributed by atoms with Crippen LogP contribution < -0.4 is 16.0 Å². The second-order valence-electron chi connectivity index (χ2n) is 12.1. The molecule has 0 saturated carbocycles. The number of morpholine rings is 1. The highest BCUT2D eigenvalue weighted by molar-refractivity contribution is 7.90. The van der Waals surface area contributed by atoms with Crippen molar-refractivity contribution < 1.29 is 27.5 Å². The smallest absolute Gasteiger partial charge is 0.407 e.